The first-order valence-corrected chi connectivity index (χ1v) is 6.93. The molecule has 1 unspecified atom stereocenters. The van der Waals surface area contributed by atoms with Crippen LogP contribution in [0.4, 0.5) is 14.5 Å². The summed E-state index contributed by atoms with van der Waals surface area (Å²) in [7, 11) is 0. The Morgan fingerprint density at radius 3 is 2.44 bits per heavy atom. The van der Waals surface area contributed by atoms with Gasteiger partial charge >= 0.3 is 0 Å². The van der Waals surface area contributed by atoms with E-state index in [1.54, 1.807) is 11.8 Å². The van der Waals surface area contributed by atoms with Gasteiger partial charge in [-0.25, -0.2) is 8.78 Å². The molecule has 0 saturated carbocycles. The Hall–Kier alpha value is -1.30. The minimum absolute atomic E-state index is 0.0174. The van der Waals surface area contributed by atoms with Crippen LogP contribution in [0.25, 0.3) is 0 Å². The molecule has 0 aliphatic rings. The summed E-state index contributed by atoms with van der Waals surface area (Å²) in [6.45, 7) is 1.94. The number of carbonyl (C=O) groups is 1. The van der Waals surface area contributed by atoms with Gasteiger partial charge in [-0.1, -0.05) is 6.92 Å². The molecule has 1 amide bonds. The van der Waals surface area contributed by atoms with E-state index in [9.17, 15) is 13.6 Å². The Labute approximate surface area is 109 Å². The number of amides is 1. The van der Waals surface area contributed by atoms with Gasteiger partial charge in [0, 0.05) is 17.4 Å². The second kappa shape index (κ2) is 6.58. The van der Waals surface area contributed by atoms with E-state index in [1.807, 2.05) is 13.2 Å². The maximum Gasteiger partial charge on any atom is 0.251 e. The van der Waals surface area contributed by atoms with E-state index >= 15 is 0 Å². The minimum atomic E-state index is -0.918. The van der Waals surface area contributed by atoms with Crippen molar-refractivity contribution in [2.45, 2.75) is 19.4 Å². The van der Waals surface area contributed by atoms with E-state index in [-0.39, 0.29) is 11.6 Å². The molecule has 0 spiro atoms. The molecule has 0 heterocycles. The first-order valence-electron chi connectivity index (χ1n) is 5.53. The van der Waals surface area contributed by atoms with E-state index in [0.29, 0.717) is 0 Å². The Morgan fingerprint density at radius 2 is 2.00 bits per heavy atom. The number of rotatable bonds is 5. The first-order chi connectivity index (χ1) is 8.49. The van der Waals surface area contributed by atoms with Gasteiger partial charge in [0.15, 0.2) is 0 Å². The SMILES string of the molecule is CCC(CSC)NC(=O)c1cc(F)c(N)c(F)c1. The Bertz CT molecular complexity index is 417. The Balaban J connectivity index is 2.84. The zero-order chi connectivity index (χ0) is 13.7. The number of halogens is 2. The molecule has 0 saturated heterocycles. The fourth-order valence-corrected chi connectivity index (χ4v) is 2.17. The summed E-state index contributed by atoms with van der Waals surface area (Å²) < 4.78 is 26.4. The molecule has 3 N–H and O–H groups in total. The van der Waals surface area contributed by atoms with E-state index in [1.165, 1.54) is 0 Å². The van der Waals surface area contributed by atoms with E-state index in [2.05, 4.69) is 5.32 Å². The van der Waals surface area contributed by atoms with Crippen molar-refractivity contribution in [3.05, 3.63) is 29.3 Å². The highest BCUT2D eigenvalue weighted by Gasteiger charge is 2.15. The van der Waals surface area contributed by atoms with Crippen molar-refractivity contribution in [3.63, 3.8) is 0 Å². The number of carbonyl (C=O) groups excluding carboxylic acids is 1. The monoisotopic (exact) mass is 274 g/mol. The molecule has 0 fully saturated rings. The number of benzene rings is 1. The second-order valence-electron chi connectivity index (χ2n) is 3.89. The summed E-state index contributed by atoms with van der Waals surface area (Å²) >= 11 is 1.60. The van der Waals surface area contributed by atoms with Gasteiger partial charge in [0.25, 0.3) is 5.91 Å². The zero-order valence-electron chi connectivity index (χ0n) is 10.3. The molecule has 0 bridgehead atoms. The number of anilines is 1. The van der Waals surface area contributed by atoms with E-state index in [0.717, 1.165) is 24.3 Å². The van der Waals surface area contributed by atoms with Crippen LogP contribution < -0.4 is 11.1 Å². The van der Waals surface area contributed by atoms with Gasteiger partial charge in [-0.3, -0.25) is 4.79 Å². The van der Waals surface area contributed by atoms with E-state index < -0.39 is 23.2 Å². The van der Waals surface area contributed by atoms with Crippen molar-refractivity contribution in [2.75, 3.05) is 17.7 Å². The van der Waals surface area contributed by atoms with Crippen molar-refractivity contribution in [2.24, 2.45) is 0 Å². The van der Waals surface area contributed by atoms with Gasteiger partial charge < -0.3 is 11.1 Å². The van der Waals surface area contributed by atoms with Crippen LogP contribution in [0, 0.1) is 11.6 Å². The minimum Gasteiger partial charge on any atom is -0.394 e. The lowest BCUT2D eigenvalue weighted by Crippen LogP contribution is -2.36. The maximum absolute atomic E-state index is 13.2. The van der Waals surface area contributed by atoms with Crippen LogP contribution >= 0.6 is 11.8 Å². The molecule has 6 heteroatoms. The highest BCUT2D eigenvalue weighted by atomic mass is 32.2. The highest BCUT2D eigenvalue weighted by molar-refractivity contribution is 7.98. The fourth-order valence-electron chi connectivity index (χ4n) is 1.45. The molecule has 1 aromatic rings. The van der Waals surface area contributed by atoms with Gasteiger partial charge in [0.1, 0.15) is 17.3 Å². The Morgan fingerprint density at radius 1 is 1.44 bits per heavy atom. The van der Waals surface area contributed by atoms with Gasteiger partial charge in [-0.05, 0) is 24.8 Å². The van der Waals surface area contributed by atoms with Crippen molar-refractivity contribution in [3.8, 4) is 0 Å². The average molecular weight is 274 g/mol. The van der Waals surface area contributed by atoms with Crippen LogP contribution in [0.5, 0.6) is 0 Å². The van der Waals surface area contributed by atoms with Crippen LogP contribution in [0.1, 0.15) is 23.7 Å². The summed E-state index contributed by atoms with van der Waals surface area (Å²) in [5.74, 6) is -1.58. The largest absolute Gasteiger partial charge is 0.394 e. The van der Waals surface area contributed by atoms with Crippen LogP contribution in [0.3, 0.4) is 0 Å². The maximum atomic E-state index is 13.2. The molecule has 0 aliphatic heterocycles. The number of nitrogens with two attached hydrogens (primary N) is 1. The predicted molar refractivity (Wildman–Crippen MR) is 70.7 cm³/mol. The molecule has 18 heavy (non-hydrogen) atoms. The molecular weight excluding hydrogens is 258 g/mol. The molecule has 1 aromatic carbocycles. The fraction of sp³-hybridized carbons (Fsp3) is 0.417. The molecule has 100 valence electrons. The third-order valence-electron chi connectivity index (χ3n) is 2.54. The van der Waals surface area contributed by atoms with Gasteiger partial charge in [-0.2, -0.15) is 11.8 Å². The molecule has 1 rings (SSSR count). The van der Waals surface area contributed by atoms with Crippen LogP contribution in [0.15, 0.2) is 12.1 Å². The van der Waals surface area contributed by atoms with Gasteiger partial charge in [-0.15, -0.1) is 0 Å². The van der Waals surface area contributed by atoms with E-state index in [4.69, 9.17) is 5.73 Å². The van der Waals surface area contributed by atoms with Crippen LogP contribution in [0.2, 0.25) is 0 Å². The van der Waals surface area contributed by atoms with Crippen LogP contribution in [-0.2, 0) is 0 Å². The molecule has 0 aromatic heterocycles. The van der Waals surface area contributed by atoms with Gasteiger partial charge in [0.05, 0.1) is 0 Å². The molecule has 3 nitrogen and oxygen atoms in total. The standard InChI is InChI=1S/C12H16F2N2OS/c1-3-8(6-18-2)16-12(17)7-4-9(13)11(15)10(14)5-7/h4-5,8H,3,6,15H2,1-2H3,(H,16,17). The lowest BCUT2D eigenvalue weighted by atomic mass is 10.1. The number of thioether (sulfide) groups is 1. The quantitative estimate of drug-likeness (QED) is 0.811. The number of nitrogen functional groups attached to an aromatic ring is 1. The number of nitrogens with one attached hydrogen (secondary N) is 1. The first kappa shape index (κ1) is 14.8. The lowest BCUT2D eigenvalue weighted by molar-refractivity contribution is 0.0939. The van der Waals surface area contributed by atoms with Crippen molar-refractivity contribution >= 4 is 23.4 Å². The number of hydrogen-bond donors (Lipinski definition) is 2. The summed E-state index contributed by atoms with van der Waals surface area (Å²) in [5, 5.41) is 2.72. The molecule has 0 radical (unpaired) electrons. The topological polar surface area (TPSA) is 55.1 Å². The molecule has 1 atom stereocenters. The van der Waals surface area contributed by atoms with Crippen molar-refractivity contribution < 1.29 is 13.6 Å². The average Bonchev–Trinajstić information content (AvgIpc) is 2.34. The lowest BCUT2D eigenvalue weighted by Gasteiger charge is -2.16. The summed E-state index contributed by atoms with van der Waals surface area (Å²) in [6, 6.07) is 1.87. The van der Waals surface area contributed by atoms with Crippen molar-refractivity contribution in [1.29, 1.82) is 0 Å². The predicted octanol–water partition coefficient (Wildman–Crippen LogP) is 2.42. The highest BCUT2D eigenvalue weighted by Crippen LogP contribution is 2.17. The van der Waals surface area contributed by atoms with Gasteiger partial charge in [0.2, 0.25) is 0 Å². The third kappa shape index (κ3) is 3.60. The van der Waals surface area contributed by atoms with Crippen molar-refractivity contribution in [1.82, 2.24) is 5.32 Å². The van der Waals surface area contributed by atoms with Crippen LogP contribution in [-0.4, -0.2) is 24.0 Å². The Kier molecular flexibility index (Phi) is 5.40. The molecule has 0 aliphatic carbocycles. The summed E-state index contributed by atoms with van der Waals surface area (Å²) in [5.41, 5.74) is 4.52. The summed E-state index contributed by atoms with van der Waals surface area (Å²) in [6.07, 6.45) is 2.68. The second-order valence-corrected chi connectivity index (χ2v) is 4.80. The molecular formula is C12H16F2N2OS. The number of hydrogen-bond acceptors (Lipinski definition) is 3. The normalized spacial score (nSPS) is 12.2. The zero-order valence-corrected chi connectivity index (χ0v) is 11.1. The smallest absolute Gasteiger partial charge is 0.251 e. The summed E-state index contributed by atoms with van der Waals surface area (Å²) in [4.78, 5) is 11.8. The third-order valence-corrected chi connectivity index (χ3v) is 3.27.